The van der Waals surface area contributed by atoms with Gasteiger partial charge in [0.05, 0.1) is 12.0 Å². The fourth-order valence-corrected chi connectivity index (χ4v) is 2.14. The summed E-state index contributed by atoms with van der Waals surface area (Å²) in [6.07, 6.45) is 0.289. The Balaban J connectivity index is 2.93. The first-order valence-corrected chi connectivity index (χ1v) is 6.78. The standard InChI is InChI=1S/C16H24O3/c1-5-6-13(15(18)19)14(17)11-7-9-12(10-8-11)16(2,3)4/h7-10,13-14,17H,5-6H2,1-4H3,(H,18,19). The molecule has 1 rings (SSSR count). The predicted molar refractivity (Wildman–Crippen MR) is 76.1 cm³/mol. The summed E-state index contributed by atoms with van der Waals surface area (Å²) >= 11 is 0. The van der Waals surface area contributed by atoms with Gasteiger partial charge in [0, 0.05) is 0 Å². The van der Waals surface area contributed by atoms with Gasteiger partial charge >= 0.3 is 5.97 Å². The summed E-state index contributed by atoms with van der Waals surface area (Å²) in [5, 5.41) is 19.4. The van der Waals surface area contributed by atoms with Crippen LogP contribution in [0.2, 0.25) is 0 Å². The molecule has 19 heavy (non-hydrogen) atoms. The van der Waals surface area contributed by atoms with Gasteiger partial charge < -0.3 is 10.2 Å². The van der Waals surface area contributed by atoms with Crippen molar-refractivity contribution >= 4 is 5.97 Å². The number of hydrogen-bond acceptors (Lipinski definition) is 2. The Kier molecular flexibility index (Phi) is 5.12. The van der Waals surface area contributed by atoms with Crippen molar-refractivity contribution in [1.29, 1.82) is 0 Å². The van der Waals surface area contributed by atoms with E-state index in [2.05, 4.69) is 20.8 Å². The molecule has 0 aliphatic heterocycles. The van der Waals surface area contributed by atoms with Gasteiger partial charge in [-0.2, -0.15) is 0 Å². The molecule has 0 saturated carbocycles. The van der Waals surface area contributed by atoms with E-state index < -0.39 is 18.0 Å². The topological polar surface area (TPSA) is 57.5 Å². The Bertz CT molecular complexity index is 415. The van der Waals surface area contributed by atoms with Gasteiger partial charge in [0.2, 0.25) is 0 Å². The molecule has 0 aromatic heterocycles. The van der Waals surface area contributed by atoms with Crippen molar-refractivity contribution < 1.29 is 15.0 Å². The lowest BCUT2D eigenvalue weighted by atomic mass is 9.85. The number of carboxylic acids is 1. The van der Waals surface area contributed by atoms with Gasteiger partial charge in [-0.1, -0.05) is 58.4 Å². The SMILES string of the molecule is CCCC(C(=O)O)C(O)c1ccc(C(C)(C)C)cc1. The molecule has 0 fully saturated rings. The van der Waals surface area contributed by atoms with Gasteiger partial charge in [-0.3, -0.25) is 4.79 Å². The predicted octanol–water partition coefficient (Wildman–Crippen LogP) is 3.52. The zero-order valence-electron chi connectivity index (χ0n) is 12.2. The minimum Gasteiger partial charge on any atom is -0.481 e. The van der Waals surface area contributed by atoms with Crippen LogP contribution in [0.3, 0.4) is 0 Å². The maximum Gasteiger partial charge on any atom is 0.309 e. The van der Waals surface area contributed by atoms with E-state index in [-0.39, 0.29) is 5.41 Å². The lowest BCUT2D eigenvalue weighted by Crippen LogP contribution is -2.22. The van der Waals surface area contributed by atoms with Crippen LogP contribution in [0.25, 0.3) is 0 Å². The summed E-state index contributed by atoms with van der Waals surface area (Å²) in [7, 11) is 0. The van der Waals surface area contributed by atoms with Crippen LogP contribution >= 0.6 is 0 Å². The number of carboxylic acid groups (broad SMARTS) is 1. The van der Waals surface area contributed by atoms with Crippen molar-refractivity contribution in [3.8, 4) is 0 Å². The third-order valence-electron chi connectivity index (χ3n) is 3.42. The molecule has 0 saturated heterocycles. The molecule has 0 radical (unpaired) electrons. The Morgan fingerprint density at radius 2 is 1.74 bits per heavy atom. The van der Waals surface area contributed by atoms with Crippen LogP contribution in [0.15, 0.2) is 24.3 Å². The molecule has 0 bridgehead atoms. The first kappa shape index (κ1) is 15.7. The number of aliphatic hydroxyl groups is 1. The van der Waals surface area contributed by atoms with Gasteiger partial charge in [-0.15, -0.1) is 0 Å². The molecule has 0 amide bonds. The normalized spacial score (nSPS) is 15.0. The van der Waals surface area contributed by atoms with E-state index in [4.69, 9.17) is 5.11 Å². The molecule has 3 heteroatoms. The first-order valence-electron chi connectivity index (χ1n) is 6.78. The monoisotopic (exact) mass is 264 g/mol. The van der Waals surface area contributed by atoms with Crippen molar-refractivity contribution in [2.24, 2.45) is 5.92 Å². The van der Waals surface area contributed by atoms with Crippen LogP contribution in [-0.2, 0) is 10.2 Å². The number of carbonyl (C=O) groups is 1. The fraction of sp³-hybridized carbons (Fsp3) is 0.562. The average molecular weight is 264 g/mol. The molecule has 0 heterocycles. The largest absolute Gasteiger partial charge is 0.481 e. The lowest BCUT2D eigenvalue weighted by Gasteiger charge is -2.22. The zero-order valence-corrected chi connectivity index (χ0v) is 12.2. The van der Waals surface area contributed by atoms with E-state index in [0.717, 1.165) is 6.42 Å². The highest BCUT2D eigenvalue weighted by atomic mass is 16.4. The molecule has 106 valence electrons. The minimum atomic E-state index is -0.938. The van der Waals surface area contributed by atoms with Crippen LogP contribution < -0.4 is 0 Å². The smallest absolute Gasteiger partial charge is 0.309 e. The molecule has 1 aromatic rings. The number of benzene rings is 1. The third-order valence-corrected chi connectivity index (χ3v) is 3.42. The summed E-state index contributed by atoms with van der Waals surface area (Å²) in [5.41, 5.74) is 1.90. The fourth-order valence-electron chi connectivity index (χ4n) is 2.14. The van der Waals surface area contributed by atoms with E-state index in [1.54, 1.807) is 0 Å². The Hall–Kier alpha value is -1.35. The second kappa shape index (κ2) is 6.20. The molecular formula is C16H24O3. The van der Waals surface area contributed by atoms with Crippen molar-refractivity contribution in [2.45, 2.75) is 52.1 Å². The number of aliphatic carboxylic acids is 1. The highest BCUT2D eigenvalue weighted by Gasteiger charge is 2.27. The Morgan fingerprint density at radius 3 is 2.11 bits per heavy atom. The molecule has 0 spiro atoms. The second-order valence-electron chi connectivity index (χ2n) is 6.05. The Labute approximate surface area is 115 Å². The van der Waals surface area contributed by atoms with E-state index in [1.807, 2.05) is 31.2 Å². The highest BCUT2D eigenvalue weighted by Crippen LogP contribution is 2.28. The first-order chi connectivity index (χ1) is 8.77. The van der Waals surface area contributed by atoms with Crippen LogP contribution in [-0.4, -0.2) is 16.2 Å². The van der Waals surface area contributed by atoms with Crippen LogP contribution in [0.4, 0.5) is 0 Å². The minimum absolute atomic E-state index is 0.0547. The van der Waals surface area contributed by atoms with Gasteiger partial charge in [-0.05, 0) is 23.0 Å². The van der Waals surface area contributed by atoms with Crippen molar-refractivity contribution in [2.75, 3.05) is 0 Å². The summed E-state index contributed by atoms with van der Waals surface area (Å²) in [6.45, 7) is 8.28. The summed E-state index contributed by atoms with van der Waals surface area (Å²) < 4.78 is 0. The molecule has 2 atom stereocenters. The van der Waals surface area contributed by atoms with Gasteiger partial charge in [0.15, 0.2) is 0 Å². The van der Waals surface area contributed by atoms with E-state index in [9.17, 15) is 9.90 Å². The lowest BCUT2D eigenvalue weighted by molar-refractivity contribution is -0.146. The second-order valence-corrected chi connectivity index (χ2v) is 6.05. The van der Waals surface area contributed by atoms with Gasteiger partial charge in [-0.25, -0.2) is 0 Å². The van der Waals surface area contributed by atoms with Crippen LogP contribution in [0.1, 0.15) is 57.8 Å². The maximum absolute atomic E-state index is 11.2. The highest BCUT2D eigenvalue weighted by molar-refractivity contribution is 5.71. The Morgan fingerprint density at radius 1 is 1.21 bits per heavy atom. The van der Waals surface area contributed by atoms with E-state index >= 15 is 0 Å². The summed E-state index contributed by atoms with van der Waals surface area (Å²) in [6, 6.07) is 7.58. The van der Waals surface area contributed by atoms with Crippen molar-refractivity contribution in [1.82, 2.24) is 0 Å². The van der Waals surface area contributed by atoms with Crippen molar-refractivity contribution in [3.05, 3.63) is 35.4 Å². The summed E-state index contributed by atoms with van der Waals surface area (Å²) in [5.74, 6) is -1.67. The third kappa shape index (κ3) is 4.06. The number of hydrogen-bond donors (Lipinski definition) is 2. The van der Waals surface area contributed by atoms with E-state index in [0.29, 0.717) is 12.0 Å². The molecule has 0 aliphatic rings. The van der Waals surface area contributed by atoms with Crippen LogP contribution in [0, 0.1) is 5.92 Å². The molecule has 0 aliphatic carbocycles. The quantitative estimate of drug-likeness (QED) is 0.855. The van der Waals surface area contributed by atoms with Crippen molar-refractivity contribution in [3.63, 3.8) is 0 Å². The van der Waals surface area contributed by atoms with Gasteiger partial charge in [0.25, 0.3) is 0 Å². The maximum atomic E-state index is 11.2. The van der Waals surface area contributed by atoms with Gasteiger partial charge in [0.1, 0.15) is 0 Å². The zero-order chi connectivity index (χ0) is 14.6. The number of aliphatic hydroxyl groups excluding tert-OH is 1. The average Bonchev–Trinajstić information content (AvgIpc) is 2.34. The molecular weight excluding hydrogens is 240 g/mol. The van der Waals surface area contributed by atoms with Crippen LogP contribution in [0.5, 0.6) is 0 Å². The molecule has 2 N–H and O–H groups in total. The molecule has 1 aromatic carbocycles. The molecule has 3 nitrogen and oxygen atoms in total. The number of rotatable bonds is 5. The molecule has 2 unspecified atom stereocenters. The van der Waals surface area contributed by atoms with E-state index in [1.165, 1.54) is 5.56 Å². The summed E-state index contributed by atoms with van der Waals surface area (Å²) in [4.78, 5) is 11.2.